The lowest BCUT2D eigenvalue weighted by atomic mass is 10.4. The number of nitrogens with one attached hydrogen (secondary N) is 1. The van der Waals surface area contributed by atoms with E-state index in [1.807, 2.05) is 0 Å². The van der Waals surface area contributed by atoms with Crippen molar-refractivity contribution in [3.05, 3.63) is 22.2 Å². The Morgan fingerprint density at radius 1 is 1.56 bits per heavy atom. The SMILES string of the molecule is CCCCSc1nc(NC)ccc1[N+](=O)[O-]. The lowest BCUT2D eigenvalue weighted by Crippen LogP contribution is -1.98. The van der Waals surface area contributed by atoms with Crippen LogP contribution < -0.4 is 5.32 Å². The van der Waals surface area contributed by atoms with Crippen LogP contribution in [0.5, 0.6) is 0 Å². The van der Waals surface area contributed by atoms with Crippen LogP contribution in [0.25, 0.3) is 0 Å². The van der Waals surface area contributed by atoms with Gasteiger partial charge in [0.25, 0.3) is 0 Å². The number of rotatable bonds is 6. The molecule has 0 radical (unpaired) electrons. The molecule has 0 unspecified atom stereocenters. The highest BCUT2D eigenvalue weighted by Gasteiger charge is 2.15. The fraction of sp³-hybridized carbons (Fsp3) is 0.500. The molecule has 5 nitrogen and oxygen atoms in total. The van der Waals surface area contributed by atoms with Crippen molar-refractivity contribution in [2.75, 3.05) is 18.1 Å². The van der Waals surface area contributed by atoms with E-state index in [0.717, 1.165) is 18.6 Å². The van der Waals surface area contributed by atoms with Crippen molar-refractivity contribution in [3.8, 4) is 0 Å². The molecule has 1 aromatic heterocycles. The lowest BCUT2D eigenvalue weighted by Gasteiger charge is -2.04. The Morgan fingerprint density at radius 3 is 2.88 bits per heavy atom. The topological polar surface area (TPSA) is 68.1 Å². The minimum Gasteiger partial charge on any atom is -0.373 e. The van der Waals surface area contributed by atoms with Crippen molar-refractivity contribution in [3.63, 3.8) is 0 Å². The molecule has 0 fully saturated rings. The molecule has 88 valence electrons. The van der Waals surface area contributed by atoms with E-state index < -0.39 is 0 Å². The summed E-state index contributed by atoms with van der Waals surface area (Å²) in [6.45, 7) is 2.09. The Balaban J connectivity index is 2.87. The van der Waals surface area contributed by atoms with E-state index >= 15 is 0 Å². The molecule has 6 heteroatoms. The number of aromatic nitrogens is 1. The predicted octanol–water partition coefficient (Wildman–Crippen LogP) is 2.92. The molecule has 0 bridgehead atoms. The zero-order valence-electron chi connectivity index (χ0n) is 9.40. The Hall–Kier alpha value is -1.30. The maximum Gasteiger partial charge on any atom is 0.301 e. The number of unbranched alkanes of at least 4 members (excludes halogenated alkanes) is 1. The quantitative estimate of drug-likeness (QED) is 0.359. The third-order valence-electron chi connectivity index (χ3n) is 2.03. The molecule has 0 aliphatic heterocycles. The third kappa shape index (κ3) is 3.37. The van der Waals surface area contributed by atoms with Gasteiger partial charge in [0.2, 0.25) is 0 Å². The molecule has 1 rings (SSSR count). The molecule has 0 spiro atoms. The average molecular weight is 241 g/mol. The van der Waals surface area contributed by atoms with Crippen molar-refractivity contribution in [1.29, 1.82) is 0 Å². The van der Waals surface area contributed by atoms with Gasteiger partial charge in [-0.15, -0.1) is 0 Å². The first-order chi connectivity index (χ1) is 7.69. The Kier molecular flexibility index (Phi) is 5.04. The molecule has 0 amide bonds. The van der Waals surface area contributed by atoms with Gasteiger partial charge in [0.15, 0.2) is 5.03 Å². The maximum absolute atomic E-state index is 10.8. The van der Waals surface area contributed by atoms with Crippen LogP contribution >= 0.6 is 11.8 Å². The van der Waals surface area contributed by atoms with E-state index in [0.29, 0.717) is 10.8 Å². The van der Waals surface area contributed by atoms with Crippen LogP contribution in [0.1, 0.15) is 19.8 Å². The van der Waals surface area contributed by atoms with Gasteiger partial charge in [0, 0.05) is 13.1 Å². The predicted molar refractivity (Wildman–Crippen MR) is 66.1 cm³/mol. The van der Waals surface area contributed by atoms with Crippen LogP contribution in [0.2, 0.25) is 0 Å². The van der Waals surface area contributed by atoms with E-state index in [1.165, 1.54) is 17.8 Å². The molecular weight excluding hydrogens is 226 g/mol. The van der Waals surface area contributed by atoms with Gasteiger partial charge < -0.3 is 5.32 Å². The largest absolute Gasteiger partial charge is 0.373 e. The van der Waals surface area contributed by atoms with Gasteiger partial charge in [-0.1, -0.05) is 25.1 Å². The highest BCUT2D eigenvalue weighted by atomic mass is 32.2. The van der Waals surface area contributed by atoms with E-state index in [1.54, 1.807) is 13.1 Å². The second-order valence-corrected chi connectivity index (χ2v) is 4.31. The Bertz CT molecular complexity index is 371. The Morgan fingerprint density at radius 2 is 2.31 bits per heavy atom. The average Bonchev–Trinajstić information content (AvgIpc) is 2.29. The first kappa shape index (κ1) is 12.8. The molecule has 0 aromatic carbocycles. The minimum atomic E-state index is -0.388. The Labute approximate surface area is 98.8 Å². The summed E-state index contributed by atoms with van der Waals surface area (Å²) in [6.07, 6.45) is 2.11. The first-order valence-corrected chi connectivity index (χ1v) is 6.13. The standard InChI is InChI=1S/C10H15N3O2S/c1-3-4-7-16-10-8(13(14)15)5-6-9(11-2)12-10/h5-6H,3-4,7H2,1-2H3,(H,11,12). The monoisotopic (exact) mass is 241 g/mol. The van der Waals surface area contributed by atoms with Gasteiger partial charge in [-0.25, -0.2) is 4.98 Å². The number of thioether (sulfide) groups is 1. The summed E-state index contributed by atoms with van der Waals surface area (Å²) in [5, 5.41) is 14.2. The first-order valence-electron chi connectivity index (χ1n) is 5.15. The van der Waals surface area contributed by atoms with E-state index in [9.17, 15) is 10.1 Å². The van der Waals surface area contributed by atoms with Crippen molar-refractivity contribution >= 4 is 23.3 Å². The molecular formula is C10H15N3O2S. The lowest BCUT2D eigenvalue weighted by molar-refractivity contribution is -0.388. The molecule has 0 saturated heterocycles. The summed E-state index contributed by atoms with van der Waals surface area (Å²) in [7, 11) is 1.74. The number of hydrogen-bond acceptors (Lipinski definition) is 5. The van der Waals surface area contributed by atoms with Gasteiger partial charge >= 0.3 is 5.69 Å². The second-order valence-electron chi connectivity index (χ2n) is 3.23. The molecule has 1 aromatic rings. The highest BCUT2D eigenvalue weighted by molar-refractivity contribution is 7.99. The fourth-order valence-corrected chi connectivity index (χ4v) is 2.21. The summed E-state index contributed by atoms with van der Waals surface area (Å²) < 4.78 is 0. The van der Waals surface area contributed by atoms with Crippen molar-refractivity contribution in [2.45, 2.75) is 24.8 Å². The van der Waals surface area contributed by atoms with E-state index in [4.69, 9.17) is 0 Å². The van der Waals surface area contributed by atoms with Gasteiger partial charge in [-0.2, -0.15) is 0 Å². The molecule has 0 atom stereocenters. The van der Waals surface area contributed by atoms with Crippen molar-refractivity contribution < 1.29 is 4.92 Å². The van der Waals surface area contributed by atoms with Gasteiger partial charge in [0.05, 0.1) is 4.92 Å². The van der Waals surface area contributed by atoms with Crippen molar-refractivity contribution in [2.24, 2.45) is 0 Å². The summed E-state index contributed by atoms with van der Waals surface area (Å²) in [5.41, 5.74) is 0.0834. The smallest absolute Gasteiger partial charge is 0.301 e. The van der Waals surface area contributed by atoms with Crippen LogP contribution in [-0.4, -0.2) is 22.7 Å². The molecule has 1 heterocycles. The van der Waals surface area contributed by atoms with Crippen LogP contribution in [0, 0.1) is 10.1 Å². The molecule has 0 aliphatic rings. The van der Waals surface area contributed by atoms with E-state index in [2.05, 4.69) is 17.2 Å². The maximum atomic E-state index is 10.8. The zero-order valence-corrected chi connectivity index (χ0v) is 10.2. The van der Waals surface area contributed by atoms with Crippen molar-refractivity contribution in [1.82, 2.24) is 4.98 Å². The number of hydrogen-bond donors (Lipinski definition) is 1. The molecule has 0 aliphatic carbocycles. The molecule has 0 saturated carbocycles. The van der Waals surface area contributed by atoms with E-state index in [-0.39, 0.29) is 10.6 Å². The van der Waals surface area contributed by atoms with Crippen LogP contribution in [-0.2, 0) is 0 Å². The van der Waals surface area contributed by atoms with Gasteiger partial charge in [-0.3, -0.25) is 10.1 Å². The van der Waals surface area contributed by atoms with Crippen LogP contribution in [0.15, 0.2) is 17.2 Å². The van der Waals surface area contributed by atoms with Crippen LogP contribution in [0.3, 0.4) is 0 Å². The summed E-state index contributed by atoms with van der Waals surface area (Å²) in [5.74, 6) is 1.52. The highest BCUT2D eigenvalue weighted by Crippen LogP contribution is 2.29. The zero-order chi connectivity index (χ0) is 12.0. The molecule has 16 heavy (non-hydrogen) atoms. The second kappa shape index (κ2) is 6.32. The fourth-order valence-electron chi connectivity index (χ4n) is 1.13. The summed E-state index contributed by atoms with van der Waals surface area (Å²) in [4.78, 5) is 14.6. The number of anilines is 1. The summed E-state index contributed by atoms with van der Waals surface area (Å²) in [6, 6.07) is 3.11. The minimum absolute atomic E-state index is 0.0834. The third-order valence-corrected chi connectivity index (χ3v) is 3.10. The van der Waals surface area contributed by atoms with Gasteiger partial charge in [-0.05, 0) is 18.2 Å². The normalized spacial score (nSPS) is 10.1. The number of nitro groups is 1. The molecule has 1 N–H and O–H groups in total. The van der Waals surface area contributed by atoms with Crippen LogP contribution in [0.4, 0.5) is 11.5 Å². The number of nitrogens with zero attached hydrogens (tertiary/aromatic N) is 2. The number of pyridine rings is 1. The van der Waals surface area contributed by atoms with Gasteiger partial charge in [0.1, 0.15) is 5.82 Å². The summed E-state index contributed by atoms with van der Waals surface area (Å²) >= 11 is 1.44.